The number of ether oxygens (including phenoxy) is 1. The smallest absolute Gasteiger partial charge is 0.238 e. The largest absolute Gasteiger partial charge is 0.381 e. The zero-order valence-corrected chi connectivity index (χ0v) is 22.2. The van der Waals surface area contributed by atoms with E-state index in [0.29, 0.717) is 4.90 Å². The molecule has 10 heteroatoms. The van der Waals surface area contributed by atoms with E-state index in [1.165, 1.54) is 25.0 Å². The third kappa shape index (κ3) is 9.93. The summed E-state index contributed by atoms with van der Waals surface area (Å²) in [6, 6.07) is 16.4. The molecule has 1 fully saturated rings. The van der Waals surface area contributed by atoms with Gasteiger partial charge in [-0.1, -0.05) is 70.3 Å². The van der Waals surface area contributed by atoms with Gasteiger partial charge < -0.3 is 4.74 Å². The molecule has 0 spiro atoms. The maximum Gasteiger partial charge on any atom is 0.238 e. The molecule has 180 valence electrons. The van der Waals surface area contributed by atoms with Crippen LogP contribution in [0.4, 0.5) is 0 Å². The van der Waals surface area contributed by atoms with Crippen LogP contribution in [0.1, 0.15) is 33.6 Å². The number of nitrogens with one attached hydrogen (secondary N) is 1. The molecule has 2 aromatic rings. The molecule has 1 aliphatic heterocycles. The lowest BCUT2D eigenvalue weighted by atomic mass is 10.2. The van der Waals surface area contributed by atoms with Crippen LogP contribution in [0.5, 0.6) is 0 Å². The second kappa shape index (κ2) is 12.1. The van der Waals surface area contributed by atoms with Gasteiger partial charge in [-0.25, -0.2) is 26.4 Å². The van der Waals surface area contributed by atoms with Crippen molar-refractivity contribution in [1.29, 1.82) is 0 Å². The molecule has 0 radical (unpaired) electrons. The molecule has 0 aliphatic carbocycles. The van der Waals surface area contributed by atoms with E-state index < -0.39 is 28.3 Å². The van der Waals surface area contributed by atoms with E-state index >= 15 is 0 Å². The Morgan fingerprint density at radius 1 is 0.812 bits per heavy atom. The van der Waals surface area contributed by atoms with Crippen LogP contribution in [0.25, 0.3) is 0 Å². The van der Waals surface area contributed by atoms with Gasteiger partial charge in [-0.3, -0.25) is 0 Å². The lowest BCUT2D eigenvalue weighted by Gasteiger charge is -2.36. The summed E-state index contributed by atoms with van der Waals surface area (Å²) in [6.45, 7) is 12.3. The monoisotopic (exact) mass is 500 g/mol. The van der Waals surface area contributed by atoms with Gasteiger partial charge in [0.2, 0.25) is 20.0 Å². The third-order valence-electron chi connectivity index (χ3n) is 5.22. The van der Waals surface area contributed by atoms with Crippen LogP contribution in [0, 0.1) is 0 Å². The maximum atomic E-state index is 12.2. The maximum absolute atomic E-state index is 12.2. The van der Waals surface area contributed by atoms with E-state index in [1.807, 2.05) is 19.2 Å². The summed E-state index contributed by atoms with van der Waals surface area (Å²) < 4.78 is 53.5. The Labute approximate surface area is 194 Å². The van der Waals surface area contributed by atoms with Crippen molar-refractivity contribution in [2.75, 3.05) is 13.2 Å². The topological polar surface area (TPSA) is 116 Å². The number of rotatable bonds is 4. The van der Waals surface area contributed by atoms with Crippen LogP contribution in [0.2, 0.25) is 18.1 Å². The first-order chi connectivity index (χ1) is 14.7. The first kappa shape index (κ1) is 28.5. The van der Waals surface area contributed by atoms with E-state index in [2.05, 4.69) is 25.2 Å². The summed E-state index contributed by atoms with van der Waals surface area (Å²) in [5.74, 6) is 0. The zero-order chi connectivity index (χ0) is 24.5. The number of hydrogen-bond acceptors (Lipinski definition) is 5. The lowest BCUT2D eigenvalue weighted by molar-refractivity contribution is 0.198. The average molecular weight is 501 g/mol. The normalized spacial score (nSPS) is 14.6. The first-order valence-corrected chi connectivity index (χ1v) is 16.4. The number of benzene rings is 2. The van der Waals surface area contributed by atoms with Gasteiger partial charge in [0, 0.05) is 13.2 Å². The fourth-order valence-corrected chi connectivity index (χ4v) is 7.70. The molecule has 0 aromatic heterocycles. The van der Waals surface area contributed by atoms with Crippen LogP contribution in [-0.4, -0.2) is 38.3 Å². The van der Waals surface area contributed by atoms with E-state index in [-0.39, 0.29) is 9.93 Å². The molecule has 0 unspecified atom stereocenters. The van der Waals surface area contributed by atoms with Crippen molar-refractivity contribution < 1.29 is 21.6 Å². The van der Waals surface area contributed by atoms with Crippen LogP contribution >= 0.6 is 0 Å². The molecule has 0 amide bonds. The molecule has 2 aromatic carbocycles. The Hall–Kier alpha value is -1.56. The molecule has 7 nitrogen and oxygen atoms in total. The van der Waals surface area contributed by atoms with Gasteiger partial charge in [0.25, 0.3) is 0 Å². The molecule has 3 N–H and O–H groups in total. The van der Waals surface area contributed by atoms with Crippen molar-refractivity contribution >= 4 is 28.3 Å². The molecule has 1 heterocycles. The van der Waals surface area contributed by atoms with E-state index in [1.54, 1.807) is 42.5 Å². The number of primary sulfonamides is 1. The Bertz CT molecular complexity index is 1010. The highest BCUT2D eigenvalue weighted by Gasteiger charge is 2.39. The molecule has 3 rings (SSSR count). The summed E-state index contributed by atoms with van der Waals surface area (Å²) >= 11 is 0. The average Bonchev–Trinajstić information content (AvgIpc) is 3.28. The Morgan fingerprint density at radius 3 is 1.50 bits per heavy atom. The van der Waals surface area contributed by atoms with Crippen molar-refractivity contribution in [2.45, 2.75) is 61.5 Å². The van der Waals surface area contributed by atoms with Crippen molar-refractivity contribution in [3.8, 4) is 0 Å². The minimum Gasteiger partial charge on any atom is -0.381 e. The summed E-state index contributed by atoms with van der Waals surface area (Å²) in [5, 5.41) is 4.81. The van der Waals surface area contributed by atoms with Crippen molar-refractivity contribution in [3.63, 3.8) is 0 Å². The molecule has 32 heavy (non-hydrogen) atoms. The molecule has 1 saturated heterocycles. The van der Waals surface area contributed by atoms with Crippen LogP contribution < -0.4 is 9.53 Å². The summed E-state index contributed by atoms with van der Waals surface area (Å²) in [7, 11) is -8.95. The molecule has 0 bridgehead atoms. The van der Waals surface area contributed by atoms with Crippen LogP contribution in [-0.2, 0) is 24.8 Å². The van der Waals surface area contributed by atoms with Crippen molar-refractivity contribution in [1.82, 2.24) is 4.39 Å². The van der Waals surface area contributed by atoms with Gasteiger partial charge in [0.1, 0.15) is 8.24 Å². The highest BCUT2D eigenvalue weighted by molar-refractivity contribution is 7.91. The quantitative estimate of drug-likeness (QED) is 0.613. The zero-order valence-electron chi connectivity index (χ0n) is 19.5. The van der Waals surface area contributed by atoms with Gasteiger partial charge >= 0.3 is 0 Å². The van der Waals surface area contributed by atoms with Crippen LogP contribution in [0.15, 0.2) is 70.5 Å². The Balaban J connectivity index is 0.000000284. The summed E-state index contributed by atoms with van der Waals surface area (Å²) in [6.07, 6.45) is 2.56. The van der Waals surface area contributed by atoms with Crippen molar-refractivity contribution in [2.24, 2.45) is 5.14 Å². The van der Waals surface area contributed by atoms with Gasteiger partial charge in [-0.15, -0.1) is 0 Å². The summed E-state index contributed by atoms with van der Waals surface area (Å²) in [4.78, 5) is 0.486. The first-order valence-electron chi connectivity index (χ1n) is 10.4. The lowest BCUT2D eigenvalue weighted by Crippen LogP contribution is -2.54. The van der Waals surface area contributed by atoms with Gasteiger partial charge in [-0.05, 0) is 42.1 Å². The molecule has 0 saturated carbocycles. The highest BCUT2D eigenvalue weighted by Crippen LogP contribution is 2.34. The molecular weight excluding hydrogens is 464 g/mol. The summed E-state index contributed by atoms with van der Waals surface area (Å²) in [5.41, 5.74) is 0. The minimum atomic E-state index is -3.50. The SMILES string of the molecule is C1CCOC1.CC(C)(C)[Si](C)(C)NS(=O)(=O)c1ccccc1.NS(=O)(=O)c1ccccc1. The number of sulfonamides is 2. The van der Waals surface area contributed by atoms with E-state index in [4.69, 9.17) is 9.88 Å². The van der Waals surface area contributed by atoms with Crippen molar-refractivity contribution in [3.05, 3.63) is 60.7 Å². The number of nitrogens with two attached hydrogens (primary N) is 1. The second-order valence-electron chi connectivity index (χ2n) is 8.97. The Kier molecular flexibility index (Phi) is 10.7. The fraction of sp³-hybridized carbons (Fsp3) is 0.455. The van der Waals surface area contributed by atoms with Gasteiger partial charge in [0.05, 0.1) is 9.79 Å². The van der Waals surface area contributed by atoms with E-state index in [9.17, 15) is 16.8 Å². The second-order valence-corrected chi connectivity index (χ2v) is 17.6. The van der Waals surface area contributed by atoms with Gasteiger partial charge in [-0.2, -0.15) is 0 Å². The Morgan fingerprint density at radius 2 is 1.22 bits per heavy atom. The van der Waals surface area contributed by atoms with Gasteiger partial charge in [0.15, 0.2) is 0 Å². The predicted molar refractivity (Wildman–Crippen MR) is 132 cm³/mol. The third-order valence-corrected chi connectivity index (χ3v) is 13.9. The predicted octanol–water partition coefficient (Wildman–Crippen LogP) is 4.10. The molecular formula is C22H36N2O5S2Si. The van der Waals surface area contributed by atoms with E-state index in [0.717, 1.165) is 13.2 Å². The number of hydrogen-bond donors (Lipinski definition) is 2. The standard InChI is InChI=1S/C12H21NO2SSi.C6H7NO2S.C4H8O/c1-12(2,3)17(4,5)13-16(14,15)11-9-7-6-8-10-11;7-10(8,9)6-4-2-1-3-5-6;1-2-4-5-3-1/h6-10,13H,1-5H3;1-5H,(H2,7,8,9);1-4H2. The molecule has 1 aliphatic rings. The van der Waals surface area contributed by atoms with Crippen LogP contribution in [0.3, 0.4) is 0 Å². The highest BCUT2D eigenvalue weighted by atomic mass is 32.2. The fourth-order valence-electron chi connectivity index (χ4n) is 2.27. The minimum absolute atomic E-state index is 0.0190. The molecule has 0 atom stereocenters.